The van der Waals surface area contributed by atoms with E-state index in [9.17, 15) is 18.8 Å². The maximum absolute atomic E-state index is 13.0. The number of benzene rings is 1. The van der Waals surface area contributed by atoms with E-state index in [0.717, 1.165) is 12.1 Å². The number of aliphatic carboxylic acids is 1. The van der Waals surface area contributed by atoms with Gasteiger partial charge in [0, 0.05) is 6.07 Å². The van der Waals surface area contributed by atoms with Gasteiger partial charge in [0.15, 0.2) is 0 Å². The lowest BCUT2D eigenvalue weighted by Crippen LogP contribution is -2.45. The number of methoxy groups -OCH3 is 1. The highest BCUT2D eigenvalue weighted by Crippen LogP contribution is 2.24. The molecule has 1 atom stereocenters. The van der Waals surface area contributed by atoms with Gasteiger partial charge in [-0.15, -0.1) is 0 Å². The Morgan fingerprint density at radius 3 is 2.62 bits per heavy atom. The largest absolute Gasteiger partial charge is 0.494 e. The van der Waals surface area contributed by atoms with Crippen molar-refractivity contribution in [2.45, 2.75) is 12.5 Å². The zero-order valence-corrected chi connectivity index (χ0v) is 11.1. The number of nitrogens with one attached hydrogen (secondary N) is 2. The number of hydrogen-bond acceptors (Lipinski definition) is 4. The number of carbonyl (C=O) groups is 3. The Morgan fingerprint density at radius 1 is 1.43 bits per heavy atom. The average Bonchev–Trinajstić information content (AvgIpc) is 2.39. The lowest BCUT2D eigenvalue weighted by molar-refractivity contribution is -0.140. The van der Waals surface area contributed by atoms with Crippen LogP contribution in [0.5, 0.6) is 5.75 Å². The number of carboxylic acids is 1. The first kappa shape index (κ1) is 16.2. The molecular formula is C12H14FN3O5. The summed E-state index contributed by atoms with van der Waals surface area (Å²) < 4.78 is 17.9. The fourth-order valence-electron chi connectivity index (χ4n) is 1.49. The number of ether oxygens (including phenoxy) is 1. The number of urea groups is 1. The first-order chi connectivity index (χ1) is 9.83. The second-order valence-corrected chi connectivity index (χ2v) is 4.00. The predicted molar refractivity (Wildman–Crippen MR) is 70.3 cm³/mol. The fraction of sp³-hybridized carbons (Fsp3) is 0.250. The summed E-state index contributed by atoms with van der Waals surface area (Å²) >= 11 is 0. The number of carbonyl (C=O) groups excluding carboxylic acids is 2. The van der Waals surface area contributed by atoms with Gasteiger partial charge in [0.1, 0.15) is 17.6 Å². The number of carboxylic acid groups (broad SMARTS) is 1. The maximum atomic E-state index is 13.0. The number of anilines is 1. The molecule has 0 heterocycles. The Hall–Kier alpha value is -2.84. The summed E-state index contributed by atoms with van der Waals surface area (Å²) in [6.07, 6.45) is -0.552. The Labute approximate surface area is 119 Å². The smallest absolute Gasteiger partial charge is 0.326 e. The average molecular weight is 299 g/mol. The van der Waals surface area contributed by atoms with Gasteiger partial charge in [-0.25, -0.2) is 14.0 Å². The van der Waals surface area contributed by atoms with Crippen molar-refractivity contribution < 1.29 is 28.6 Å². The molecule has 5 N–H and O–H groups in total. The van der Waals surface area contributed by atoms with Crippen LogP contribution in [0.15, 0.2) is 18.2 Å². The molecule has 1 aromatic carbocycles. The Balaban J connectivity index is 2.76. The topological polar surface area (TPSA) is 131 Å². The molecule has 3 amide bonds. The minimum absolute atomic E-state index is 0.0620. The normalized spacial score (nSPS) is 11.3. The van der Waals surface area contributed by atoms with Crippen LogP contribution in [-0.4, -0.2) is 36.2 Å². The summed E-state index contributed by atoms with van der Waals surface area (Å²) in [5, 5.41) is 13.2. The van der Waals surface area contributed by atoms with Crippen molar-refractivity contribution in [1.29, 1.82) is 0 Å². The molecule has 0 saturated carbocycles. The monoisotopic (exact) mass is 299 g/mol. The van der Waals surface area contributed by atoms with Gasteiger partial charge < -0.3 is 26.2 Å². The van der Waals surface area contributed by atoms with E-state index in [1.807, 2.05) is 0 Å². The van der Waals surface area contributed by atoms with Gasteiger partial charge in [-0.05, 0) is 12.1 Å². The molecule has 114 valence electrons. The number of primary amides is 1. The molecule has 0 fully saturated rings. The fourth-order valence-corrected chi connectivity index (χ4v) is 1.49. The zero-order chi connectivity index (χ0) is 16.0. The Kier molecular flexibility index (Phi) is 5.47. The predicted octanol–water partition coefficient (Wildman–Crippen LogP) is 0.284. The highest BCUT2D eigenvalue weighted by atomic mass is 19.1. The van der Waals surface area contributed by atoms with Crippen LogP contribution in [0.4, 0.5) is 14.9 Å². The summed E-state index contributed by atoms with van der Waals surface area (Å²) in [5.74, 6) is -2.78. The molecule has 1 unspecified atom stereocenters. The van der Waals surface area contributed by atoms with Crippen molar-refractivity contribution in [3.8, 4) is 5.75 Å². The van der Waals surface area contributed by atoms with E-state index in [1.54, 1.807) is 0 Å². The summed E-state index contributed by atoms with van der Waals surface area (Å²) in [4.78, 5) is 33.3. The van der Waals surface area contributed by atoms with E-state index in [1.165, 1.54) is 13.2 Å². The molecule has 8 nitrogen and oxygen atoms in total. The standard InChI is InChI=1S/C12H14FN3O5/c1-21-9-4-6(13)2-3-7(9)15-12(20)16-8(11(18)19)5-10(14)17/h2-4,8H,5H2,1H3,(H2,14,17)(H,18,19)(H2,15,16,20). The summed E-state index contributed by atoms with van der Waals surface area (Å²) in [6, 6.07) is 1.03. The number of nitrogens with two attached hydrogens (primary N) is 1. The van der Waals surface area contributed by atoms with Crippen LogP contribution in [0, 0.1) is 5.82 Å². The molecular weight excluding hydrogens is 285 g/mol. The van der Waals surface area contributed by atoms with Crippen LogP contribution in [0.1, 0.15) is 6.42 Å². The highest BCUT2D eigenvalue weighted by molar-refractivity contribution is 5.94. The van der Waals surface area contributed by atoms with Crippen molar-refractivity contribution in [2.75, 3.05) is 12.4 Å². The van der Waals surface area contributed by atoms with Gasteiger partial charge in [0.25, 0.3) is 0 Å². The molecule has 1 aromatic rings. The van der Waals surface area contributed by atoms with Crippen LogP contribution < -0.4 is 21.1 Å². The van der Waals surface area contributed by atoms with Crippen LogP contribution in [0.25, 0.3) is 0 Å². The Bertz CT molecular complexity index is 564. The summed E-state index contributed by atoms with van der Waals surface area (Å²) in [7, 11) is 1.28. The van der Waals surface area contributed by atoms with E-state index in [0.29, 0.717) is 0 Å². The highest BCUT2D eigenvalue weighted by Gasteiger charge is 2.22. The zero-order valence-electron chi connectivity index (χ0n) is 11.1. The SMILES string of the molecule is COc1cc(F)ccc1NC(=O)NC(CC(N)=O)C(=O)O. The molecule has 1 rings (SSSR count). The molecule has 0 saturated heterocycles. The third-order valence-electron chi connectivity index (χ3n) is 2.42. The van der Waals surface area contributed by atoms with Crippen LogP contribution in [-0.2, 0) is 9.59 Å². The molecule has 0 radical (unpaired) electrons. The third kappa shape index (κ3) is 4.97. The van der Waals surface area contributed by atoms with Gasteiger partial charge >= 0.3 is 12.0 Å². The van der Waals surface area contributed by atoms with Crippen molar-refractivity contribution in [3.63, 3.8) is 0 Å². The number of amides is 3. The minimum atomic E-state index is -1.46. The van der Waals surface area contributed by atoms with E-state index in [2.05, 4.69) is 10.6 Å². The molecule has 0 aliphatic carbocycles. The molecule has 0 aliphatic rings. The molecule has 0 aliphatic heterocycles. The van der Waals surface area contributed by atoms with Gasteiger partial charge in [-0.3, -0.25) is 4.79 Å². The van der Waals surface area contributed by atoms with E-state index in [-0.39, 0.29) is 11.4 Å². The van der Waals surface area contributed by atoms with Gasteiger partial charge in [0.05, 0.1) is 19.2 Å². The number of rotatable bonds is 6. The Morgan fingerprint density at radius 2 is 2.10 bits per heavy atom. The lowest BCUT2D eigenvalue weighted by atomic mass is 10.2. The summed E-state index contributed by atoms with van der Waals surface area (Å²) in [6.45, 7) is 0. The van der Waals surface area contributed by atoms with E-state index >= 15 is 0 Å². The third-order valence-corrected chi connectivity index (χ3v) is 2.42. The van der Waals surface area contributed by atoms with Crippen molar-refractivity contribution in [3.05, 3.63) is 24.0 Å². The van der Waals surface area contributed by atoms with Gasteiger partial charge in [-0.2, -0.15) is 0 Å². The molecule has 0 aromatic heterocycles. The van der Waals surface area contributed by atoms with Gasteiger partial charge in [0.2, 0.25) is 5.91 Å². The van der Waals surface area contributed by atoms with Crippen molar-refractivity contribution in [2.24, 2.45) is 5.73 Å². The van der Waals surface area contributed by atoms with Gasteiger partial charge in [-0.1, -0.05) is 0 Å². The second kappa shape index (κ2) is 7.08. The van der Waals surface area contributed by atoms with Crippen LogP contribution >= 0.6 is 0 Å². The first-order valence-corrected chi connectivity index (χ1v) is 5.75. The van der Waals surface area contributed by atoms with E-state index < -0.39 is 36.2 Å². The van der Waals surface area contributed by atoms with Crippen LogP contribution in [0.3, 0.4) is 0 Å². The molecule has 0 bridgehead atoms. The van der Waals surface area contributed by atoms with Crippen LogP contribution in [0.2, 0.25) is 0 Å². The number of hydrogen-bond donors (Lipinski definition) is 4. The van der Waals surface area contributed by atoms with Crippen molar-refractivity contribution >= 4 is 23.6 Å². The number of halogens is 1. The molecule has 9 heteroatoms. The minimum Gasteiger partial charge on any atom is -0.494 e. The van der Waals surface area contributed by atoms with Crippen molar-refractivity contribution in [1.82, 2.24) is 5.32 Å². The summed E-state index contributed by atoms with van der Waals surface area (Å²) in [5.41, 5.74) is 5.02. The lowest BCUT2D eigenvalue weighted by Gasteiger charge is -2.15. The quantitative estimate of drug-likeness (QED) is 0.599. The second-order valence-electron chi connectivity index (χ2n) is 4.00. The molecule has 21 heavy (non-hydrogen) atoms. The molecule has 0 spiro atoms. The maximum Gasteiger partial charge on any atom is 0.326 e. The first-order valence-electron chi connectivity index (χ1n) is 5.75. The van der Waals surface area contributed by atoms with E-state index in [4.69, 9.17) is 15.6 Å².